The lowest BCUT2D eigenvalue weighted by Crippen LogP contribution is -2.42. The van der Waals surface area contributed by atoms with Crippen LogP contribution < -0.4 is 4.72 Å². The molecule has 1 heterocycles. The average Bonchev–Trinajstić information content (AvgIpc) is 2.76. The molecule has 0 amide bonds. The Bertz CT molecular complexity index is 1100. The van der Waals surface area contributed by atoms with E-state index >= 15 is 0 Å². The minimum Gasteiger partial charge on any atom is -0.457 e. The molecule has 1 aromatic heterocycles. The van der Waals surface area contributed by atoms with E-state index in [0.29, 0.717) is 12.2 Å². The Morgan fingerprint density at radius 1 is 1.13 bits per heavy atom. The van der Waals surface area contributed by atoms with Gasteiger partial charge in [0.05, 0.1) is 10.4 Å². The standard InChI is InChI=1S/C22H24N2O4S2/c1-16(18-14-17-8-6-7-11-20(17)23-15-18)28-22(25)21(12-13-29-2)24-30(26,27)19-9-4-3-5-10-19/h3-11,14-16,21,24H,12-13H2,1-2H3/t16-,21+/m0/s1. The number of carbonyl (C=O) groups is 1. The van der Waals surface area contributed by atoms with Gasteiger partial charge in [0, 0.05) is 17.1 Å². The van der Waals surface area contributed by atoms with E-state index in [4.69, 9.17) is 4.74 Å². The van der Waals surface area contributed by atoms with Crippen LogP contribution in [0.15, 0.2) is 71.8 Å². The zero-order valence-electron chi connectivity index (χ0n) is 16.8. The van der Waals surface area contributed by atoms with Crippen LogP contribution in [0.25, 0.3) is 10.9 Å². The summed E-state index contributed by atoms with van der Waals surface area (Å²) in [6.07, 6.45) is 3.34. The van der Waals surface area contributed by atoms with Crippen molar-refractivity contribution in [3.8, 4) is 0 Å². The summed E-state index contributed by atoms with van der Waals surface area (Å²) in [5.41, 5.74) is 1.60. The van der Waals surface area contributed by atoms with E-state index in [1.165, 1.54) is 23.9 Å². The summed E-state index contributed by atoms with van der Waals surface area (Å²) in [6.45, 7) is 1.75. The van der Waals surface area contributed by atoms with E-state index in [-0.39, 0.29) is 4.90 Å². The van der Waals surface area contributed by atoms with E-state index in [0.717, 1.165) is 16.5 Å². The number of benzene rings is 2. The topological polar surface area (TPSA) is 85.4 Å². The highest BCUT2D eigenvalue weighted by Crippen LogP contribution is 2.22. The predicted octanol–water partition coefficient (Wildman–Crippen LogP) is 3.94. The fourth-order valence-electron chi connectivity index (χ4n) is 2.95. The third-order valence-corrected chi connectivity index (χ3v) is 6.75. The number of aromatic nitrogens is 1. The molecule has 0 aliphatic heterocycles. The number of carbonyl (C=O) groups excluding carboxylic acids is 1. The first-order valence-corrected chi connectivity index (χ1v) is 12.4. The van der Waals surface area contributed by atoms with Gasteiger partial charge in [0.15, 0.2) is 0 Å². The van der Waals surface area contributed by atoms with Crippen molar-refractivity contribution in [2.75, 3.05) is 12.0 Å². The third kappa shape index (κ3) is 5.59. The van der Waals surface area contributed by atoms with E-state index in [2.05, 4.69) is 9.71 Å². The van der Waals surface area contributed by atoms with Crippen LogP contribution in [-0.4, -0.2) is 37.4 Å². The van der Waals surface area contributed by atoms with Gasteiger partial charge in [-0.15, -0.1) is 0 Å². The van der Waals surface area contributed by atoms with E-state index in [1.807, 2.05) is 36.6 Å². The second-order valence-electron chi connectivity index (χ2n) is 6.81. The molecule has 0 radical (unpaired) electrons. The van der Waals surface area contributed by atoms with Gasteiger partial charge in [0.1, 0.15) is 12.1 Å². The molecule has 1 N–H and O–H groups in total. The van der Waals surface area contributed by atoms with Crippen molar-refractivity contribution >= 4 is 38.7 Å². The Balaban J connectivity index is 1.75. The van der Waals surface area contributed by atoms with E-state index in [9.17, 15) is 13.2 Å². The molecule has 30 heavy (non-hydrogen) atoms. The molecule has 0 fully saturated rings. The van der Waals surface area contributed by atoms with Crippen molar-refractivity contribution in [3.63, 3.8) is 0 Å². The van der Waals surface area contributed by atoms with Gasteiger partial charge >= 0.3 is 5.97 Å². The number of sulfonamides is 1. The number of nitrogens with one attached hydrogen (secondary N) is 1. The number of esters is 1. The third-order valence-electron chi connectivity index (χ3n) is 4.62. The number of thioether (sulfide) groups is 1. The molecule has 3 rings (SSSR count). The summed E-state index contributed by atoms with van der Waals surface area (Å²) < 4.78 is 33.5. The fraction of sp³-hybridized carbons (Fsp3) is 0.273. The van der Waals surface area contributed by atoms with Crippen LogP contribution in [0, 0.1) is 0 Å². The Hall–Kier alpha value is -2.42. The van der Waals surface area contributed by atoms with Crippen LogP contribution in [0.4, 0.5) is 0 Å². The zero-order chi connectivity index (χ0) is 21.6. The Morgan fingerprint density at radius 3 is 2.57 bits per heavy atom. The molecule has 0 bridgehead atoms. The molecule has 2 aromatic carbocycles. The number of rotatable bonds is 9. The van der Waals surface area contributed by atoms with Crippen LogP contribution in [0.1, 0.15) is 25.0 Å². The quantitative estimate of drug-likeness (QED) is 0.503. The number of hydrogen-bond acceptors (Lipinski definition) is 6. The molecule has 158 valence electrons. The maximum absolute atomic E-state index is 12.8. The van der Waals surface area contributed by atoms with Gasteiger partial charge < -0.3 is 4.74 Å². The molecule has 0 saturated heterocycles. The zero-order valence-corrected chi connectivity index (χ0v) is 18.4. The van der Waals surface area contributed by atoms with Crippen molar-refractivity contribution in [1.82, 2.24) is 9.71 Å². The normalized spacial score (nSPS) is 13.7. The van der Waals surface area contributed by atoms with Crippen LogP contribution >= 0.6 is 11.8 Å². The Kier molecular flexibility index (Phi) is 7.47. The monoisotopic (exact) mass is 444 g/mol. The average molecular weight is 445 g/mol. The van der Waals surface area contributed by atoms with Crippen molar-refractivity contribution < 1.29 is 17.9 Å². The molecule has 2 atom stereocenters. The highest BCUT2D eigenvalue weighted by atomic mass is 32.2. The van der Waals surface area contributed by atoms with Crippen LogP contribution in [0.2, 0.25) is 0 Å². The van der Waals surface area contributed by atoms with Gasteiger partial charge in [0.2, 0.25) is 10.0 Å². The minimum atomic E-state index is -3.84. The molecular weight excluding hydrogens is 420 g/mol. The van der Waals surface area contributed by atoms with Crippen LogP contribution in [0.5, 0.6) is 0 Å². The second kappa shape index (κ2) is 10.1. The first kappa shape index (κ1) is 22.3. The van der Waals surface area contributed by atoms with Gasteiger partial charge in [-0.1, -0.05) is 36.4 Å². The highest BCUT2D eigenvalue weighted by Gasteiger charge is 2.28. The van der Waals surface area contributed by atoms with E-state index < -0.39 is 28.1 Å². The first-order chi connectivity index (χ1) is 14.4. The van der Waals surface area contributed by atoms with Gasteiger partial charge in [-0.05, 0) is 49.6 Å². The molecule has 0 saturated carbocycles. The highest BCUT2D eigenvalue weighted by molar-refractivity contribution is 7.98. The van der Waals surface area contributed by atoms with Crippen molar-refractivity contribution in [2.24, 2.45) is 0 Å². The molecule has 0 unspecified atom stereocenters. The Morgan fingerprint density at radius 2 is 1.83 bits per heavy atom. The fourth-order valence-corrected chi connectivity index (χ4v) is 4.66. The maximum Gasteiger partial charge on any atom is 0.324 e. The summed E-state index contributed by atoms with van der Waals surface area (Å²) in [7, 11) is -3.84. The number of hydrogen-bond donors (Lipinski definition) is 1. The lowest BCUT2D eigenvalue weighted by Gasteiger charge is -2.21. The summed E-state index contributed by atoms with van der Waals surface area (Å²) >= 11 is 1.53. The second-order valence-corrected chi connectivity index (χ2v) is 9.51. The van der Waals surface area contributed by atoms with Crippen molar-refractivity contribution in [3.05, 3.63) is 72.4 Å². The number of ether oxygens (including phenoxy) is 1. The molecule has 3 aromatic rings. The van der Waals surface area contributed by atoms with E-state index in [1.54, 1.807) is 31.3 Å². The number of fused-ring (bicyclic) bond motifs is 1. The molecule has 0 spiro atoms. The number of pyridine rings is 1. The predicted molar refractivity (Wildman–Crippen MR) is 120 cm³/mol. The van der Waals surface area contributed by atoms with Crippen LogP contribution in [-0.2, 0) is 19.6 Å². The SMILES string of the molecule is CSCC[C@@H](NS(=O)(=O)c1ccccc1)C(=O)O[C@@H](C)c1cnc2ccccc2c1. The number of nitrogens with zero attached hydrogens (tertiary/aromatic N) is 1. The summed E-state index contributed by atoms with van der Waals surface area (Å²) in [5, 5.41) is 0.946. The lowest BCUT2D eigenvalue weighted by atomic mass is 10.1. The molecular formula is C22H24N2O4S2. The smallest absolute Gasteiger partial charge is 0.324 e. The lowest BCUT2D eigenvalue weighted by molar-refractivity contribution is -0.150. The van der Waals surface area contributed by atoms with Gasteiger partial charge in [-0.25, -0.2) is 8.42 Å². The van der Waals surface area contributed by atoms with Crippen molar-refractivity contribution in [2.45, 2.75) is 30.4 Å². The minimum absolute atomic E-state index is 0.110. The summed E-state index contributed by atoms with van der Waals surface area (Å²) in [5.74, 6) is 0.00687. The molecule has 0 aliphatic rings. The first-order valence-electron chi connectivity index (χ1n) is 9.52. The van der Waals surface area contributed by atoms with Gasteiger partial charge in [0.25, 0.3) is 0 Å². The largest absolute Gasteiger partial charge is 0.457 e. The van der Waals surface area contributed by atoms with Crippen LogP contribution in [0.3, 0.4) is 0 Å². The maximum atomic E-state index is 12.8. The molecule has 8 heteroatoms. The van der Waals surface area contributed by atoms with Gasteiger partial charge in [-0.2, -0.15) is 16.5 Å². The summed E-state index contributed by atoms with van der Waals surface area (Å²) in [4.78, 5) is 17.3. The molecule has 6 nitrogen and oxygen atoms in total. The Labute approximate surface area is 181 Å². The van der Waals surface area contributed by atoms with Gasteiger partial charge in [-0.3, -0.25) is 9.78 Å². The summed E-state index contributed by atoms with van der Waals surface area (Å²) in [6, 6.07) is 16.6. The van der Waals surface area contributed by atoms with Crippen molar-refractivity contribution in [1.29, 1.82) is 0 Å². The molecule has 0 aliphatic carbocycles. The number of para-hydroxylation sites is 1.